The van der Waals surface area contributed by atoms with E-state index in [9.17, 15) is 19.8 Å². The Bertz CT molecular complexity index is 347. The SMILES string of the molecule is CC(=O)/C=C(/C)[O-].CC(=O)/C=C(/C)[O-].CCCC[O][Sn+2][O]CCCC. The van der Waals surface area contributed by atoms with Gasteiger partial charge in [0.25, 0.3) is 0 Å². The first-order chi connectivity index (χ1) is 11.7. The predicted octanol–water partition coefficient (Wildman–Crippen LogP) is 1.83. The number of carbonyl (C=O) groups is 2. The Hall–Kier alpha value is -0.861. The van der Waals surface area contributed by atoms with Crippen LogP contribution in [0.2, 0.25) is 0 Å². The maximum absolute atomic E-state index is 9.98. The summed E-state index contributed by atoms with van der Waals surface area (Å²) in [6.07, 6.45) is 6.90. The van der Waals surface area contributed by atoms with Crippen molar-refractivity contribution in [2.45, 2.75) is 67.2 Å². The van der Waals surface area contributed by atoms with Crippen molar-refractivity contribution in [1.82, 2.24) is 0 Å². The fourth-order valence-corrected chi connectivity index (χ4v) is 2.67. The Morgan fingerprint density at radius 3 is 1.28 bits per heavy atom. The van der Waals surface area contributed by atoms with Gasteiger partial charge in [0.15, 0.2) is 11.6 Å². The van der Waals surface area contributed by atoms with E-state index < -0.39 is 22.0 Å². The van der Waals surface area contributed by atoms with Crippen LogP contribution in [0.5, 0.6) is 0 Å². The van der Waals surface area contributed by atoms with Gasteiger partial charge in [0.2, 0.25) is 0 Å². The summed E-state index contributed by atoms with van der Waals surface area (Å²) in [5, 5.41) is 20.0. The van der Waals surface area contributed by atoms with Gasteiger partial charge >= 0.3 is 80.9 Å². The number of carbonyl (C=O) groups excluding carboxylic acids is 2. The zero-order valence-electron chi connectivity index (χ0n) is 16.3. The first-order valence-corrected chi connectivity index (χ1v) is 10.7. The van der Waals surface area contributed by atoms with Crippen LogP contribution >= 0.6 is 0 Å². The van der Waals surface area contributed by atoms with Crippen LogP contribution < -0.4 is 10.2 Å². The van der Waals surface area contributed by atoms with E-state index in [1.54, 1.807) is 0 Å². The predicted molar refractivity (Wildman–Crippen MR) is 96.4 cm³/mol. The first kappa shape index (κ1) is 28.9. The molecule has 0 aromatic carbocycles. The second kappa shape index (κ2) is 23.1. The standard InChI is InChI=1S/2C5H8O2.2C4H9O.Sn/c2*1-4(6)3-5(2)7;2*1-2-3-4-5;/h2*3,6H,1-2H3;2*2-4H2,1H3;/q;;2*-1;+4/p-2/b2*4-3-;;;. The van der Waals surface area contributed by atoms with Crippen LogP contribution in [-0.2, 0) is 15.7 Å². The Morgan fingerprint density at radius 2 is 1.12 bits per heavy atom. The molecule has 0 saturated heterocycles. The average molecular weight is 463 g/mol. The molecule has 0 aromatic heterocycles. The first-order valence-electron chi connectivity index (χ1n) is 8.37. The molecule has 25 heavy (non-hydrogen) atoms. The fraction of sp³-hybridized carbons (Fsp3) is 0.667. The van der Waals surface area contributed by atoms with Gasteiger partial charge in [0, 0.05) is 0 Å². The Morgan fingerprint density at radius 1 is 0.800 bits per heavy atom. The van der Waals surface area contributed by atoms with Crippen LogP contribution in [0.25, 0.3) is 0 Å². The summed E-state index contributed by atoms with van der Waals surface area (Å²) >= 11 is -0.876. The molecule has 0 atom stereocenters. The molecule has 144 valence electrons. The molecule has 0 heterocycles. The molecule has 0 aliphatic rings. The molecule has 0 bridgehead atoms. The van der Waals surface area contributed by atoms with Gasteiger partial charge in [-0.25, -0.2) is 0 Å². The van der Waals surface area contributed by atoms with Crippen molar-refractivity contribution in [3.8, 4) is 0 Å². The monoisotopic (exact) mass is 464 g/mol. The molecule has 0 rings (SSSR count). The molecule has 0 aliphatic heterocycles. The number of allylic oxidation sites excluding steroid dienone is 4. The number of unbranched alkanes of at least 4 members (excludes halogenated alkanes) is 2. The summed E-state index contributed by atoms with van der Waals surface area (Å²) < 4.78 is 10.7. The third kappa shape index (κ3) is 45.1. The number of hydrogen-bond donors (Lipinski definition) is 0. The maximum atomic E-state index is 9.98. The Labute approximate surface area is 163 Å². The van der Waals surface area contributed by atoms with Crippen molar-refractivity contribution in [3.05, 3.63) is 23.7 Å². The minimum absolute atomic E-state index is 0.187. The van der Waals surface area contributed by atoms with Gasteiger partial charge in [-0.15, -0.1) is 11.5 Å². The van der Waals surface area contributed by atoms with Crippen molar-refractivity contribution < 1.29 is 26.0 Å². The summed E-state index contributed by atoms with van der Waals surface area (Å²) in [6, 6.07) is 0. The van der Waals surface area contributed by atoms with Crippen LogP contribution in [0.4, 0.5) is 0 Å². The molecular formula is C18H32O6Sn. The molecule has 6 nitrogen and oxygen atoms in total. The molecule has 0 aliphatic carbocycles. The average Bonchev–Trinajstić information content (AvgIpc) is 2.45. The van der Waals surface area contributed by atoms with Crippen LogP contribution in [0.3, 0.4) is 0 Å². The van der Waals surface area contributed by atoms with Gasteiger partial charge < -0.3 is 10.2 Å². The molecule has 0 saturated carbocycles. The van der Waals surface area contributed by atoms with Crippen molar-refractivity contribution >= 4 is 33.5 Å². The van der Waals surface area contributed by atoms with Gasteiger partial charge in [0.1, 0.15) is 0 Å². The van der Waals surface area contributed by atoms with E-state index in [4.69, 9.17) is 6.15 Å². The van der Waals surface area contributed by atoms with Crippen LogP contribution in [-0.4, -0.2) is 46.8 Å². The van der Waals surface area contributed by atoms with Gasteiger partial charge in [-0.3, -0.25) is 9.59 Å². The molecule has 0 spiro atoms. The topological polar surface area (TPSA) is 98.7 Å². The third-order valence-electron chi connectivity index (χ3n) is 2.13. The molecule has 7 heteroatoms. The molecule has 0 amide bonds. The van der Waals surface area contributed by atoms with Gasteiger partial charge in [-0.05, 0) is 26.0 Å². The fourth-order valence-electron chi connectivity index (χ4n) is 1.13. The van der Waals surface area contributed by atoms with Crippen molar-refractivity contribution in [2.75, 3.05) is 13.2 Å². The number of rotatable bonds is 10. The molecule has 0 fully saturated rings. The zero-order valence-corrected chi connectivity index (χ0v) is 19.2. The van der Waals surface area contributed by atoms with Gasteiger partial charge in [-0.2, -0.15) is 0 Å². The van der Waals surface area contributed by atoms with Crippen molar-refractivity contribution in [2.24, 2.45) is 0 Å². The van der Waals surface area contributed by atoms with E-state index in [1.807, 2.05) is 0 Å². The van der Waals surface area contributed by atoms with E-state index >= 15 is 0 Å². The third-order valence-corrected chi connectivity index (χ3v) is 3.97. The van der Waals surface area contributed by atoms with Crippen LogP contribution in [0.15, 0.2) is 23.7 Å². The number of ketones is 2. The molecular weight excluding hydrogens is 431 g/mol. The summed E-state index contributed by atoms with van der Waals surface area (Å²) in [5.74, 6) is -0.750. The van der Waals surface area contributed by atoms with Crippen LogP contribution in [0, 0.1) is 0 Å². The summed E-state index contributed by atoms with van der Waals surface area (Å²) in [5.41, 5.74) is 0. The van der Waals surface area contributed by atoms with Gasteiger partial charge in [0.05, 0.1) is 0 Å². The summed E-state index contributed by atoms with van der Waals surface area (Å²) in [7, 11) is 0. The second-order valence-electron chi connectivity index (χ2n) is 5.22. The normalized spacial score (nSPS) is 10.6. The zero-order chi connectivity index (χ0) is 20.1. The second-order valence-corrected chi connectivity index (χ2v) is 7.34. The van der Waals surface area contributed by atoms with Gasteiger partial charge in [-0.1, -0.05) is 13.8 Å². The molecule has 0 unspecified atom stereocenters. The van der Waals surface area contributed by atoms with E-state index in [1.165, 1.54) is 53.4 Å². The molecule has 0 N–H and O–H groups in total. The van der Waals surface area contributed by atoms with E-state index in [0.717, 1.165) is 25.4 Å². The van der Waals surface area contributed by atoms with Crippen LogP contribution in [0.1, 0.15) is 67.2 Å². The summed E-state index contributed by atoms with van der Waals surface area (Å²) in [6.45, 7) is 11.6. The van der Waals surface area contributed by atoms with Crippen molar-refractivity contribution in [1.29, 1.82) is 0 Å². The Balaban J connectivity index is -0.000000304. The minimum atomic E-state index is -0.876. The summed E-state index contributed by atoms with van der Waals surface area (Å²) in [4.78, 5) is 20.0. The quantitative estimate of drug-likeness (QED) is 0.212. The Kier molecular flexibility index (Phi) is 26.8. The van der Waals surface area contributed by atoms with E-state index in [-0.39, 0.29) is 23.1 Å². The van der Waals surface area contributed by atoms with E-state index in [2.05, 4.69) is 13.8 Å². The van der Waals surface area contributed by atoms with E-state index in [0.29, 0.717) is 0 Å². The van der Waals surface area contributed by atoms with Crippen molar-refractivity contribution in [3.63, 3.8) is 0 Å². The number of hydrogen-bond acceptors (Lipinski definition) is 6. The molecule has 0 aromatic rings. The molecule has 0 radical (unpaired) electrons.